The van der Waals surface area contributed by atoms with E-state index in [4.69, 9.17) is 11.6 Å². The molecule has 0 saturated carbocycles. The maximum atomic E-state index is 13.0. The maximum absolute atomic E-state index is 13.0. The fourth-order valence-corrected chi connectivity index (χ4v) is 3.96. The lowest BCUT2D eigenvalue weighted by Gasteiger charge is -2.28. The van der Waals surface area contributed by atoms with Crippen molar-refractivity contribution in [1.82, 2.24) is 0 Å². The van der Waals surface area contributed by atoms with Gasteiger partial charge in [-0.1, -0.05) is 42.0 Å². The molecule has 0 nitrogen and oxygen atoms in total. The predicted molar refractivity (Wildman–Crippen MR) is 87.7 cm³/mol. The zero-order chi connectivity index (χ0) is 16.2. The quantitative estimate of drug-likeness (QED) is 0.501. The molecule has 2 aliphatic rings. The molecule has 1 atom stereocenters. The van der Waals surface area contributed by atoms with Crippen molar-refractivity contribution in [3.05, 3.63) is 63.7 Å². The van der Waals surface area contributed by atoms with Crippen LogP contribution in [0.1, 0.15) is 41.9 Å². The summed E-state index contributed by atoms with van der Waals surface area (Å²) in [7, 11) is 0. The number of hydrogen-bond donors (Lipinski definition) is 0. The van der Waals surface area contributed by atoms with E-state index in [2.05, 4.69) is 12.2 Å². The fourth-order valence-electron chi connectivity index (χ4n) is 3.69. The van der Waals surface area contributed by atoms with Crippen LogP contribution < -0.4 is 0 Å². The second-order valence-corrected chi connectivity index (χ2v) is 6.55. The first-order valence-electron chi connectivity index (χ1n) is 7.66. The van der Waals surface area contributed by atoms with Gasteiger partial charge >= 0.3 is 6.18 Å². The molecule has 0 aromatic heterocycles. The standard InChI is InChI=1S/C19H14ClF3/c20-18-10-16-12(9-17(18)19(21,22)23)6-8-14-13-4-2-1-3-11(13)5-7-15(14)16/h3,5-10,13H,1-2,4H2/t13-/m1/s1. The van der Waals surface area contributed by atoms with Gasteiger partial charge in [-0.2, -0.15) is 13.2 Å². The molecule has 23 heavy (non-hydrogen) atoms. The molecule has 0 radical (unpaired) electrons. The summed E-state index contributed by atoms with van der Waals surface area (Å²) in [4.78, 5) is 0. The van der Waals surface area contributed by atoms with Crippen LogP contribution in [-0.4, -0.2) is 0 Å². The number of fused-ring (bicyclic) bond motifs is 5. The maximum Gasteiger partial charge on any atom is 0.417 e. The van der Waals surface area contributed by atoms with Gasteiger partial charge in [-0.3, -0.25) is 0 Å². The summed E-state index contributed by atoms with van der Waals surface area (Å²) in [5.41, 5.74) is 2.75. The van der Waals surface area contributed by atoms with Gasteiger partial charge in [-0.05, 0) is 58.9 Å². The topological polar surface area (TPSA) is 0 Å². The average molecular weight is 335 g/mol. The highest BCUT2D eigenvalue weighted by atomic mass is 35.5. The van der Waals surface area contributed by atoms with Crippen LogP contribution >= 0.6 is 11.6 Å². The van der Waals surface area contributed by atoms with Crippen LogP contribution in [0.25, 0.3) is 16.8 Å². The number of halogens is 4. The first-order valence-corrected chi connectivity index (χ1v) is 8.04. The van der Waals surface area contributed by atoms with E-state index in [1.807, 2.05) is 12.1 Å². The Balaban J connectivity index is 1.95. The molecule has 0 saturated heterocycles. The summed E-state index contributed by atoms with van der Waals surface area (Å²) < 4.78 is 39.1. The normalized spacial score (nSPS) is 20.2. The molecule has 2 aromatic rings. The van der Waals surface area contributed by atoms with Gasteiger partial charge in [-0.25, -0.2) is 0 Å². The van der Waals surface area contributed by atoms with Gasteiger partial charge in [0.25, 0.3) is 0 Å². The SMILES string of the molecule is FC(F)(F)c1cc2ccc3c(c2cc1Cl)C=CC1=CCCC[C@H]13. The molecule has 0 aliphatic heterocycles. The zero-order valence-corrected chi connectivity index (χ0v) is 13.0. The highest BCUT2D eigenvalue weighted by Gasteiger charge is 2.34. The molecule has 0 fully saturated rings. The third-order valence-electron chi connectivity index (χ3n) is 4.79. The number of rotatable bonds is 0. The van der Waals surface area contributed by atoms with Crippen LogP contribution in [0.5, 0.6) is 0 Å². The molecule has 0 amide bonds. The van der Waals surface area contributed by atoms with Crippen molar-refractivity contribution in [2.45, 2.75) is 31.4 Å². The molecule has 2 aliphatic carbocycles. The van der Waals surface area contributed by atoms with E-state index in [-0.39, 0.29) is 5.02 Å². The van der Waals surface area contributed by atoms with Crippen molar-refractivity contribution in [1.29, 1.82) is 0 Å². The van der Waals surface area contributed by atoms with E-state index >= 15 is 0 Å². The summed E-state index contributed by atoms with van der Waals surface area (Å²) in [5.74, 6) is 0.356. The molecular formula is C19H14ClF3. The highest BCUT2D eigenvalue weighted by Crippen LogP contribution is 2.44. The van der Waals surface area contributed by atoms with E-state index in [0.717, 1.165) is 36.3 Å². The highest BCUT2D eigenvalue weighted by molar-refractivity contribution is 6.32. The van der Waals surface area contributed by atoms with Crippen molar-refractivity contribution < 1.29 is 13.2 Å². The van der Waals surface area contributed by atoms with Crippen molar-refractivity contribution in [2.24, 2.45) is 0 Å². The van der Waals surface area contributed by atoms with Crippen LogP contribution in [0.3, 0.4) is 0 Å². The summed E-state index contributed by atoms with van der Waals surface area (Å²) >= 11 is 5.91. The van der Waals surface area contributed by atoms with Crippen molar-refractivity contribution in [3.63, 3.8) is 0 Å². The van der Waals surface area contributed by atoms with Crippen molar-refractivity contribution in [2.75, 3.05) is 0 Å². The van der Waals surface area contributed by atoms with E-state index in [1.54, 1.807) is 6.07 Å². The Labute approximate surface area is 137 Å². The van der Waals surface area contributed by atoms with Gasteiger partial charge in [0.05, 0.1) is 10.6 Å². The van der Waals surface area contributed by atoms with Crippen LogP contribution in [0.4, 0.5) is 13.2 Å². The van der Waals surface area contributed by atoms with Crippen LogP contribution in [0.2, 0.25) is 5.02 Å². The van der Waals surface area contributed by atoms with Gasteiger partial charge in [0, 0.05) is 5.92 Å². The first kappa shape index (κ1) is 14.8. The van der Waals surface area contributed by atoms with Gasteiger partial charge in [0.2, 0.25) is 0 Å². The molecule has 0 heterocycles. The van der Waals surface area contributed by atoms with E-state index in [1.165, 1.54) is 17.2 Å². The molecule has 0 spiro atoms. The minimum absolute atomic E-state index is 0.239. The largest absolute Gasteiger partial charge is 0.417 e. The molecule has 4 heteroatoms. The number of allylic oxidation sites excluding steroid dienone is 3. The van der Waals surface area contributed by atoms with Gasteiger partial charge in [-0.15, -0.1) is 0 Å². The summed E-state index contributed by atoms with van der Waals surface area (Å²) in [6.45, 7) is 0. The summed E-state index contributed by atoms with van der Waals surface area (Å²) in [6, 6.07) is 6.36. The zero-order valence-electron chi connectivity index (χ0n) is 12.3. The second kappa shape index (κ2) is 5.13. The Morgan fingerprint density at radius 1 is 1.09 bits per heavy atom. The number of benzene rings is 2. The monoisotopic (exact) mass is 334 g/mol. The number of alkyl halides is 3. The molecular weight excluding hydrogens is 321 g/mol. The second-order valence-electron chi connectivity index (χ2n) is 6.14. The molecule has 4 rings (SSSR count). The molecule has 0 bridgehead atoms. The summed E-state index contributed by atoms with van der Waals surface area (Å²) in [5, 5.41) is 1.13. The lowest BCUT2D eigenvalue weighted by Crippen LogP contribution is -2.11. The van der Waals surface area contributed by atoms with E-state index in [9.17, 15) is 13.2 Å². The first-order chi connectivity index (χ1) is 10.9. The van der Waals surface area contributed by atoms with Crippen molar-refractivity contribution in [3.8, 4) is 0 Å². The minimum atomic E-state index is -4.43. The van der Waals surface area contributed by atoms with Crippen LogP contribution in [-0.2, 0) is 6.18 Å². The summed E-state index contributed by atoms with van der Waals surface area (Å²) in [6.07, 6.45) is 5.26. The molecule has 0 N–H and O–H groups in total. The molecule has 0 unspecified atom stereocenters. The van der Waals surface area contributed by atoms with Crippen LogP contribution in [0.15, 0.2) is 42.0 Å². The third-order valence-corrected chi connectivity index (χ3v) is 5.10. The van der Waals surface area contributed by atoms with Gasteiger partial charge in [0.1, 0.15) is 0 Å². The van der Waals surface area contributed by atoms with Crippen molar-refractivity contribution >= 4 is 28.4 Å². The average Bonchev–Trinajstić information content (AvgIpc) is 2.52. The smallest absolute Gasteiger partial charge is 0.166 e. The van der Waals surface area contributed by atoms with Gasteiger partial charge < -0.3 is 0 Å². The fraction of sp³-hybridized carbons (Fsp3) is 0.263. The van der Waals surface area contributed by atoms with Crippen LogP contribution in [0, 0.1) is 0 Å². The Kier molecular flexibility index (Phi) is 3.31. The lowest BCUT2D eigenvalue weighted by molar-refractivity contribution is -0.137. The Bertz CT molecular complexity index is 859. The Hall–Kier alpha value is -1.74. The molecule has 2 aromatic carbocycles. The predicted octanol–water partition coefficient (Wildman–Crippen LogP) is 6.73. The Morgan fingerprint density at radius 2 is 1.91 bits per heavy atom. The van der Waals surface area contributed by atoms with Gasteiger partial charge in [0.15, 0.2) is 0 Å². The Morgan fingerprint density at radius 3 is 2.70 bits per heavy atom. The third kappa shape index (κ3) is 2.38. The number of hydrogen-bond acceptors (Lipinski definition) is 0. The van der Waals surface area contributed by atoms with E-state index in [0.29, 0.717) is 11.3 Å². The molecule has 118 valence electrons. The lowest BCUT2D eigenvalue weighted by atomic mass is 9.76. The van der Waals surface area contributed by atoms with E-state index < -0.39 is 11.7 Å². The minimum Gasteiger partial charge on any atom is -0.166 e.